The van der Waals surface area contributed by atoms with Crippen molar-refractivity contribution < 1.29 is 9.53 Å². The molecule has 8 nitrogen and oxygen atoms in total. The van der Waals surface area contributed by atoms with Crippen LogP contribution in [0.25, 0.3) is 26.9 Å². The maximum absolute atomic E-state index is 12.5. The summed E-state index contributed by atoms with van der Waals surface area (Å²) < 4.78 is 6.27. The number of rotatable bonds is 7. The summed E-state index contributed by atoms with van der Waals surface area (Å²) in [5.74, 6) is 1.25. The monoisotopic (exact) mass is 550 g/mol. The van der Waals surface area contributed by atoms with Crippen molar-refractivity contribution in [1.29, 1.82) is 0 Å². The molecule has 3 heterocycles. The van der Waals surface area contributed by atoms with Crippen LogP contribution in [0, 0.1) is 6.57 Å². The SMILES string of the molecule is [C-]#[N+]C[C@H]1CN(c2nc(OC[C@@H]3CCCN3C)nc3cc(-c4cccc5c4CCC5C)ccc23)CCN1C(=O)C=C. The van der Waals surface area contributed by atoms with Crippen LogP contribution < -0.4 is 9.64 Å². The Morgan fingerprint density at radius 1 is 1.17 bits per heavy atom. The molecule has 0 bridgehead atoms. The highest BCUT2D eigenvalue weighted by Crippen LogP contribution is 2.40. The van der Waals surface area contributed by atoms with Crippen LogP contribution in [0.15, 0.2) is 49.1 Å². The van der Waals surface area contributed by atoms with E-state index in [2.05, 4.69) is 71.6 Å². The summed E-state index contributed by atoms with van der Waals surface area (Å²) in [6.45, 7) is 16.9. The van der Waals surface area contributed by atoms with Crippen molar-refractivity contribution in [2.24, 2.45) is 0 Å². The first kappa shape index (κ1) is 27.2. The predicted molar refractivity (Wildman–Crippen MR) is 162 cm³/mol. The topological polar surface area (TPSA) is 66.2 Å². The highest BCUT2D eigenvalue weighted by molar-refractivity contribution is 5.93. The molecular weight excluding hydrogens is 512 g/mol. The van der Waals surface area contributed by atoms with E-state index in [1.54, 1.807) is 4.90 Å². The fraction of sp³-hybridized carbons (Fsp3) is 0.455. The second-order valence-corrected chi connectivity index (χ2v) is 11.6. The maximum atomic E-state index is 12.5. The lowest BCUT2D eigenvalue weighted by atomic mass is 9.94. The van der Waals surface area contributed by atoms with Gasteiger partial charge < -0.3 is 24.3 Å². The second kappa shape index (κ2) is 11.5. The van der Waals surface area contributed by atoms with Gasteiger partial charge in [-0.15, -0.1) is 0 Å². The van der Waals surface area contributed by atoms with Gasteiger partial charge in [0.2, 0.25) is 12.5 Å². The molecule has 0 radical (unpaired) electrons. The van der Waals surface area contributed by atoms with Crippen molar-refractivity contribution >= 4 is 22.6 Å². The van der Waals surface area contributed by atoms with Crippen LogP contribution >= 0.6 is 0 Å². The van der Waals surface area contributed by atoms with Crippen molar-refractivity contribution in [3.8, 4) is 17.1 Å². The third-order valence-electron chi connectivity index (χ3n) is 9.16. The Morgan fingerprint density at radius 3 is 2.83 bits per heavy atom. The fourth-order valence-electron chi connectivity index (χ4n) is 6.77. The van der Waals surface area contributed by atoms with Crippen LogP contribution in [-0.4, -0.2) is 84.1 Å². The Hall–Kier alpha value is -3.96. The van der Waals surface area contributed by atoms with E-state index in [0.29, 0.717) is 44.2 Å². The lowest BCUT2D eigenvalue weighted by molar-refractivity contribution is -0.128. The molecule has 0 N–H and O–H groups in total. The lowest BCUT2D eigenvalue weighted by Gasteiger charge is -2.39. The molecule has 6 rings (SSSR count). The van der Waals surface area contributed by atoms with Crippen LogP contribution in [0.1, 0.15) is 43.2 Å². The Labute approximate surface area is 242 Å². The van der Waals surface area contributed by atoms with Gasteiger partial charge in [-0.3, -0.25) is 4.79 Å². The summed E-state index contributed by atoms with van der Waals surface area (Å²) in [5.41, 5.74) is 6.17. The number of anilines is 1. The van der Waals surface area contributed by atoms with E-state index < -0.39 is 0 Å². The van der Waals surface area contributed by atoms with Gasteiger partial charge in [-0.25, -0.2) is 6.57 Å². The smallest absolute Gasteiger partial charge is 0.319 e. The van der Waals surface area contributed by atoms with Gasteiger partial charge in [-0.2, -0.15) is 9.97 Å². The molecule has 0 saturated carbocycles. The predicted octanol–water partition coefficient (Wildman–Crippen LogP) is 4.94. The Morgan fingerprint density at radius 2 is 2.05 bits per heavy atom. The Kier molecular flexibility index (Phi) is 7.63. The minimum atomic E-state index is -0.235. The molecular formula is C33H38N6O2. The normalized spacial score (nSPS) is 22.5. The first-order valence-electron chi connectivity index (χ1n) is 14.7. The van der Waals surface area contributed by atoms with Gasteiger partial charge >= 0.3 is 6.01 Å². The largest absolute Gasteiger partial charge is 0.462 e. The summed E-state index contributed by atoms with van der Waals surface area (Å²) in [4.78, 5) is 32.3. The van der Waals surface area contributed by atoms with E-state index in [1.807, 2.05) is 0 Å². The molecule has 212 valence electrons. The molecule has 1 aromatic heterocycles. The average molecular weight is 551 g/mol. The molecule has 1 aliphatic carbocycles. The Bertz CT molecular complexity index is 1510. The molecule has 1 unspecified atom stereocenters. The van der Waals surface area contributed by atoms with Crippen molar-refractivity contribution in [2.75, 3.05) is 51.3 Å². The van der Waals surface area contributed by atoms with Gasteiger partial charge in [0.1, 0.15) is 18.5 Å². The molecule has 3 aliphatic rings. The maximum Gasteiger partial charge on any atom is 0.319 e. The third kappa shape index (κ3) is 5.27. The minimum absolute atomic E-state index is 0.134. The van der Waals surface area contributed by atoms with Crippen LogP contribution in [0.2, 0.25) is 0 Å². The molecule has 2 aliphatic heterocycles. The van der Waals surface area contributed by atoms with Crippen molar-refractivity contribution in [1.82, 2.24) is 19.8 Å². The zero-order valence-corrected chi connectivity index (χ0v) is 24.1. The molecule has 2 aromatic carbocycles. The van der Waals surface area contributed by atoms with Gasteiger partial charge in [0.25, 0.3) is 0 Å². The highest BCUT2D eigenvalue weighted by Gasteiger charge is 2.33. The van der Waals surface area contributed by atoms with Crippen LogP contribution in [0.5, 0.6) is 6.01 Å². The fourth-order valence-corrected chi connectivity index (χ4v) is 6.77. The van der Waals surface area contributed by atoms with E-state index >= 15 is 0 Å². The number of hydrogen-bond donors (Lipinski definition) is 0. The third-order valence-corrected chi connectivity index (χ3v) is 9.16. The molecule has 1 amide bonds. The standard InChI is InChI=1S/C33H38N6O2/c1-5-31(40)39-17-16-38(20-25(39)19-34-3)32-29-14-12-23(27-10-6-9-26-22(2)11-13-28(26)27)18-30(29)35-33(36-32)41-21-24-8-7-15-37(24)4/h5-6,9-10,12,14,18,22,24-25H,1,7-8,11,13,15-17,19-21H2,2,4H3/t22?,24-,25-/m0/s1. The lowest BCUT2D eigenvalue weighted by Crippen LogP contribution is -2.56. The Balaban J connectivity index is 1.39. The van der Waals surface area contributed by atoms with Crippen LogP contribution in [0.3, 0.4) is 0 Å². The van der Waals surface area contributed by atoms with E-state index in [9.17, 15) is 4.79 Å². The summed E-state index contributed by atoms with van der Waals surface area (Å²) >= 11 is 0. The zero-order chi connectivity index (χ0) is 28.5. The summed E-state index contributed by atoms with van der Waals surface area (Å²) in [6.07, 6.45) is 5.90. The second-order valence-electron chi connectivity index (χ2n) is 11.6. The summed E-state index contributed by atoms with van der Waals surface area (Å²) in [5, 5.41) is 0.949. The molecule has 41 heavy (non-hydrogen) atoms. The summed E-state index contributed by atoms with van der Waals surface area (Å²) in [7, 11) is 2.14. The summed E-state index contributed by atoms with van der Waals surface area (Å²) in [6, 6.07) is 13.6. The van der Waals surface area contributed by atoms with Crippen molar-refractivity contribution in [3.05, 3.63) is 71.6 Å². The van der Waals surface area contributed by atoms with Crippen molar-refractivity contribution in [3.63, 3.8) is 0 Å². The number of carbonyl (C=O) groups excluding carboxylic acids is 1. The number of fused-ring (bicyclic) bond motifs is 2. The highest BCUT2D eigenvalue weighted by atomic mass is 16.5. The number of aromatic nitrogens is 2. The average Bonchev–Trinajstić information content (AvgIpc) is 3.59. The first-order chi connectivity index (χ1) is 20.0. The molecule has 2 fully saturated rings. The number of piperazine rings is 1. The van der Waals surface area contributed by atoms with Gasteiger partial charge in [-0.05, 0) is 85.7 Å². The number of likely N-dealkylation sites (N-methyl/N-ethyl adjacent to an activating group) is 1. The number of nitrogens with zero attached hydrogens (tertiary/aromatic N) is 6. The van der Waals surface area contributed by atoms with Gasteiger partial charge in [0, 0.05) is 31.1 Å². The quantitative estimate of drug-likeness (QED) is 0.307. The van der Waals surface area contributed by atoms with E-state index in [-0.39, 0.29) is 18.5 Å². The molecule has 2 saturated heterocycles. The minimum Gasteiger partial charge on any atom is -0.462 e. The number of carbonyl (C=O) groups is 1. The molecule has 3 atom stereocenters. The van der Waals surface area contributed by atoms with Gasteiger partial charge in [0.05, 0.1) is 5.52 Å². The number of amides is 1. The number of ether oxygens (including phenoxy) is 1. The van der Waals surface area contributed by atoms with Crippen molar-refractivity contribution in [2.45, 2.75) is 50.6 Å². The van der Waals surface area contributed by atoms with Gasteiger partial charge in [-0.1, -0.05) is 37.8 Å². The van der Waals surface area contributed by atoms with E-state index in [0.717, 1.165) is 41.7 Å². The number of hydrogen-bond acceptors (Lipinski definition) is 6. The molecule has 0 spiro atoms. The van der Waals surface area contributed by atoms with Crippen LogP contribution in [0.4, 0.5) is 5.82 Å². The zero-order valence-electron chi connectivity index (χ0n) is 24.1. The van der Waals surface area contributed by atoms with E-state index in [1.165, 1.54) is 35.6 Å². The van der Waals surface area contributed by atoms with Crippen LogP contribution in [-0.2, 0) is 11.2 Å². The van der Waals surface area contributed by atoms with E-state index in [4.69, 9.17) is 21.3 Å². The molecule has 3 aromatic rings. The number of likely N-dealkylation sites (tertiary alicyclic amines) is 1. The number of benzene rings is 2. The molecule has 8 heteroatoms. The first-order valence-corrected chi connectivity index (χ1v) is 14.7. The van der Waals surface area contributed by atoms with Gasteiger partial charge in [0.15, 0.2) is 0 Å².